The fourth-order valence-electron chi connectivity index (χ4n) is 4.50. The minimum absolute atomic E-state index is 0.0368. The van der Waals surface area contributed by atoms with Gasteiger partial charge in [0.15, 0.2) is 0 Å². The highest BCUT2D eigenvalue weighted by atomic mass is 16.2. The van der Waals surface area contributed by atoms with Crippen LogP contribution in [-0.2, 0) is 16.0 Å². The molecular weight excluding hydrogens is 352 g/mol. The molecule has 0 bridgehead atoms. The summed E-state index contributed by atoms with van der Waals surface area (Å²) in [4.78, 5) is 26.3. The minimum Gasteiger partial charge on any atom is -0.369 e. The number of carbonyl (C=O) groups is 2. The number of nitrogens with zero attached hydrogens (tertiary/aromatic N) is 1. The summed E-state index contributed by atoms with van der Waals surface area (Å²) in [5, 5.41) is 3.04. The lowest BCUT2D eigenvalue weighted by Gasteiger charge is -2.37. The van der Waals surface area contributed by atoms with Gasteiger partial charge in [0.25, 0.3) is 0 Å². The zero-order valence-corrected chi connectivity index (χ0v) is 17.0. The number of rotatable bonds is 6. The van der Waals surface area contributed by atoms with Gasteiger partial charge in [0.1, 0.15) is 0 Å². The zero-order valence-electron chi connectivity index (χ0n) is 17.0. The maximum absolute atomic E-state index is 12.6. The average molecular weight is 387 g/mol. The number of nitrogens with two attached hydrogens (primary N) is 2. The Labute approximate surface area is 168 Å². The van der Waals surface area contributed by atoms with Gasteiger partial charge in [0.05, 0.1) is 5.92 Å². The molecule has 0 spiro atoms. The van der Waals surface area contributed by atoms with Crippen LogP contribution in [-0.4, -0.2) is 41.9 Å². The zero-order chi connectivity index (χ0) is 20.1. The molecule has 1 aliphatic heterocycles. The van der Waals surface area contributed by atoms with Gasteiger partial charge >= 0.3 is 0 Å². The van der Waals surface area contributed by atoms with Gasteiger partial charge in [0, 0.05) is 23.7 Å². The largest absolute Gasteiger partial charge is 0.369 e. The molecule has 0 radical (unpaired) electrons. The fraction of sp³-hybridized carbons (Fsp3) is 0.636. The van der Waals surface area contributed by atoms with Gasteiger partial charge in [-0.3, -0.25) is 9.59 Å². The molecule has 2 amide bonds. The first-order valence-corrected chi connectivity index (χ1v) is 10.6. The van der Waals surface area contributed by atoms with Crippen molar-refractivity contribution < 1.29 is 9.59 Å². The van der Waals surface area contributed by atoms with E-state index in [4.69, 9.17) is 11.5 Å². The summed E-state index contributed by atoms with van der Waals surface area (Å²) >= 11 is 0. The van der Waals surface area contributed by atoms with Crippen LogP contribution in [0.4, 0.5) is 5.69 Å². The van der Waals surface area contributed by atoms with Crippen LogP contribution in [0.5, 0.6) is 0 Å². The number of amides is 2. The molecule has 3 rings (SSSR count). The van der Waals surface area contributed by atoms with Crippen molar-refractivity contribution in [2.75, 3.05) is 25.0 Å². The Morgan fingerprint density at radius 1 is 1.14 bits per heavy atom. The molecule has 5 N–H and O–H groups in total. The van der Waals surface area contributed by atoms with Crippen molar-refractivity contribution in [3.63, 3.8) is 0 Å². The van der Waals surface area contributed by atoms with Crippen molar-refractivity contribution in [3.8, 4) is 0 Å². The molecule has 2 unspecified atom stereocenters. The number of hydrogen-bond acceptors (Lipinski definition) is 4. The van der Waals surface area contributed by atoms with Crippen LogP contribution < -0.4 is 16.8 Å². The fourth-order valence-corrected chi connectivity index (χ4v) is 4.50. The van der Waals surface area contributed by atoms with E-state index in [1.54, 1.807) is 0 Å². The molecule has 28 heavy (non-hydrogen) atoms. The first-order chi connectivity index (χ1) is 13.3. The van der Waals surface area contributed by atoms with Crippen molar-refractivity contribution in [2.45, 2.75) is 57.4 Å². The van der Waals surface area contributed by atoms with E-state index in [1.807, 2.05) is 19.1 Å². The number of piperidine rings is 1. The molecule has 6 heteroatoms. The second kappa shape index (κ2) is 9.05. The van der Waals surface area contributed by atoms with E-state index < -0.39 is 5.54 Å². The first-order valence-electron chi connectivity index (χ1n) is 10.6. The maximum atomic E-state index is 12.6. The van der Waals surface area contributed by atoms with Crippen LogP contribution in [0.3, 0.4) is 0 Å². The van der Waals surface area contributed by atoms with Gasteiger partial charge in [-0.2, -0.15) is 0 Å². The Kier molecular flexibility index (Phi) is 6.73. The van der Waals surface area contributed by atoms with Crippen LogP contribution in [0.25, 0.3) is 0 Å². The number of likely N-dealkylation sites (tertiary alicyclic amines) is 1. The number of hydrogen-bond donors (Lipinski definition) is 3. The third-order valence-corrected chi connectivity index (χ3v) is 6.50. The molecular formula is C22H34N4O2. The van der Waals surface area contributed by atoms with Crippen LogP contribution in [0, 0.1) is 11.8 Å². The minimum atomic E-state index is -0.412. The number of benzene rings is 1. The summed E-state index contributed by atoms with van der Waals surface area (Å²) in [7, 11) is 0. The van der Waals surface area contributed by atoms with Crippen LogP contribution in [0.1, 0.15) is 51.0 Å². The molecule has 154 valence electrons. The van der Waals surface area contributed by atoms with Gasteiger partial charge in [0.2, 0.25) is 11.8 Å². The topological polar surface area (TPSA) is 101 Å². The standard InChI is InChI=1S/C22H34N4O2/c1-22(24)12-3-2-4-19(22)21(28)25-18-7-5-16(6-8-18)9-13-26-14-10-17(11-15-26)20(23)27/h5-8,17,19H,2-4,9-15,24H2,1H3,(H2,23,27)(H,25,28). The third-order valence-electron chi connectivity index (χ3n) is 6.50. The number of primary amides is 1. The summed E-state index contributed by atoms with van der Waals surface area (Å²) in [5.41, 5.74) is 13.4. The van der Waals surface area contributed by atoms with Crippen molar-refractivity contribution in [1.82, 2.24) is 4.90 Å². The van der Waals surface area contributed by atoms with Gasteiger partial charge in [-0.15, -0.1) is 0 Å². The summed E-state index contributed by atoms with van der Waals surface area (Å²) in [6, 6.07) is 8.11. The Balaban J connectivity index is 1.46. The maximum Gasteiger partial charge on any atom is 0.229 e. The highest BCUT2D eigenvalue weighted by Crippen LogP contribution is 2.32. The van der Waals surface area contributed by atoms with Crippen molar-refractivity contribution in [2.24, 2.45) is 23.3 Å². The number of anilines is 1. The predicted molar refractivity (Wildman–Crippen MR) is 112 cm³/mol. The average Bonchev–Trinajstić information content (AvgIpc) is 2.67. The van der Waals surface area contributed by atoms with E-state index in [0.29, 0.717) is 0 Å². The Morgan fingerprint density at radius 3 is 2.43 bits per heavy atom. The van der Waals surface area contributed by atoms with Crippen molar-refractivity contribution in [3.05, 3.63) is 29.8 Å². The van der Waals surface area contributed by atoms with E-state index >= 15 is 0 Å². The molecule has 1 aromatic rings. The second-order valence-electron chi connectivity index (χ2n) is 8.76. The smallest absolute Gasteiger partial charge is 0.229 e. The highest BCUT2D eigenvalue weighted by Gasteiger charge is 2.37. The first kappa shape index (κ1) is 20.8. The molecule has 1 aliphatic carbocycles. The lowest BCUT2D eigenvalue weighted by atomic mass is 9.74. The Bertz CT molecular complexity index is 678. The van der Waals surface area contributed by atoms with E-state index in [0.717, 1.165) is 70.3 Å². The predicted octanol–water partition coefficient (Wildman–Crippen LogP) is 2.27. The molecule has 2 aliphatic rings. The quantitative estimate of drug-likeness (QED) is 0.698. The lowest BCUT2D eigenvalue weighted by Crippen LogP contribution is -2.51. The lowest BCUT2D eigenvalue weighted by molar-refractivity contribution is -0.123. The molecule has 2 atom stereocenters. The number of nitrogens with one attached hydrogen (secondary N) is 1. The summed E-state index contributed by atoms with van der Waals surface area (Å²) in [6.45, 7) is 4.83. The second-order valence-corrected chi connectivity index (χ2v) is 8.76. The van der Waals surface area contributed by atoms with Gasteiger partial charge in [-0.25, -0.2) is 0 Å². The normalized spacial score (nSPS) is 26.7. The van der Waals surface area contributed by atoms with E-state index in [9.17, 15) is 9.59 Å². The molecule has 1 saturated heterocycles. The molecule has 6 nitrogen and oxygen atoms in total. The number of carbonyl (C=O) groups excluding carboxylic acids is 2. The molecule has 0 aromatic heterocycles. The monoisotopic (exact) mass is 386 g/mol. The molecule has 1 heterocycles. The molecule has 2 fully saturated rings. The summed E-state index contributed by atoms with van der Waals surface area (Å²) in [5.74, 6) is -0.210. The van der Waals surface area contributed by atoms with Gasteiger partial charge in [-0.05, 0) is 69.8 Å². The van der Waals surface area contributed by atoms with Crippen molar-refractivity contribution >= 4 is 17.5 Å². The van der Waals surface area contributed by atoms with E-state index in [-0.39, 0.29) is 23.7 Å². The highest BCUT2D eigenvalue weighted by molar-refractivity contribution is 5.93. The Morgan fingerprint density at radius 2 is 1.82 bits per heavy atom. The van der Waals surface area contributed by atoms with Crippen LogP contribution in [0.2, 0.25) is 0 Å². The van der Waals surface area contributed by atoms with E-state index in [2.05, 4.69) is 22.3 Å². The van der Waals surface area contributed by atoms with Crippen molar-refractivity contribution in [1.29, 1.82) is 0 Å². The van der Waals surface area contributed by atoms with Crippen LogP contribution in [0.15, 0.2) is 24.3 Å². The Hall–Kier alpha value is -1.92. The summed E-state index contributed by atoms with van der Waals surface area (Å²) in [6.07, 6.45) is 6.62. The van der Waals surface area contributed by atoms with Gasteiger partial charge in [-0.1, -0.05) is 25.0 Å². The third kappa shape index (κ3) is 5.32. The van der Waals surface area contributed by atoms with Crippen LogP contribution >= 0.6 is 0 Å². The van der Waals surface area contributed by atoms with E-state index in [1.165, 1.54) is 5.56 Å². The van der Waals surface area contributed by atoms with Gasteiger partial charge < -0.3 is 21.7 Å². The molecule has 1 saturated carbocycles. The summed E-state index contributed by atoms with van der Waals surface area (Å²) < 4.78 is 0. The SMILES string of the molecule is CC1(N)CCCCC1C(=O)Nc1ccc(CCN2CCC(C(N)=O)CC2)cc1. The molecule has 1 aromatic carbocycles.